The molecule has 0 amide bonds. The van der Waals surface area contributed by atoms with Gasteiger partial charge in [-0.1, -0.05) is 20.8 Å². The Morgan fingerprint density at radius 2 is 2.06 bits per heavy atom. The van der Waals surface area contributed by atoms with Gasteiger partial charge in [-0.3, -0.25) is 0 Å². The summed E-state index contributed by atoms with van der Waals surface area (Å²) in [6, 6.07) is 0.673. The van der Waals surface area contributed by atoms with Gasteiger partial charge in [0.15, 0.2) is 0 Å². The Bertz CT molecular complexity index is 289. The van der Waals surface area contributed by atoms with Gasteiger partial charge in [0.1, 0.15) is 5.82 Å². The second-order valence-corrected chi connectivity index (χ2v) is 4.65. The number of aromatic nitrogens is 2. The normalized spacial score (nSPS) is 13.3. The molecule has 0 aromatic carbocycles. The Morgan fingerprint density at radius 3 is 2.56 bits per heavy atom. The maximum atomic E-state index is 4.24. The fourth-order valence-corrected chi connectivity index (χ4v) is 1.94. The zero-order valence-electron chi connectivity index (χ0n) is 11.0. The van der Waals surface area contributed by atoms with Crippen molar-refractivity contribution >= 4 is 0 Å². The minimum Gasteiger partial charge on any atom is -0.335 e. The van der Waals surface area contributed by atoms with E-state index in [1.807, 2.05) is 6.20 Å². The second kappa shape index (κ2) is 6.69. The number of nitrogens with zero attached hydrogens (tertiary/aromatic N) is 2. The molecule has 0 saturated carbocycles. The van der Waals surface area contributed by atoms with Gasteiger partial charge in [0.2, 0.25) is 0 Å². The molecule has 0 fully saturated rings. The van der Waals surface area contributed by atoms with Gasteiger partial charge in [0, 0.05) is 25.0 Å². The van der Waals surface area contributed by atoms with Crippen LogP contribution >= 0.6 is 0 Å². The summed E-state index contributed by atoms with van der Waals surface area (Å²) in [5.41, 5.74) is 0. The average molecular weight is 223 g/mol. The molecule has 1 N–H and O–H groups in total. The molecule has 0 aliphatic heterocycles. The van der Waals surface area contributed by atoms with Crippen LogP contribution in [0.5, 0.6) is 0 Å². The first-order valence-corrected chi connectivity index (χ1v) is 6.38. The number of nitrogens with one attached hydrogen (secondary N) is 1. The maximum Gasteiger partial charge on any atom is 0.105 e. The summed E-state index contributed by atoms with van der Waals surface area (Å²) in [5.74, 6) is 1.75. The molecule has 92 valence electrons. The lowest BCUT2D eigenvalue weighted by Gasteiger charge is -2.19. The fraction of sp³-hybridized carbons (Fsp3) is 0.769. The van der Waals surface area contributed by atoms with Crippen LogP contribution in [0.3, 0.4) is 0 Å². The topological polar surface area (TPSA) is 29.9 Å². The van der Waals surface area contributed by atoms with Gasteiger partial charge in [0.25, 0.3) is 0 Å². The van der Waals surface area contributed by atoms with Crippen LogP contribution in [0.15, 0.2) is 12.4 Å². The largest absolute Gasteiger partial charge is 0.335 e. The predicted octanol–water partition coefficient (Wildman–Crippen LogP) is 2.61. The highest BCUT2D eigenvalue weighted by Crippen LogP contribution is 2.04. The van der Waals surface area contributed by atoms with Crippen LogP contribution < -0.4 is 5.32 Å². The number of aryl methyl sites for hydroxylation is 1. The summed E-state index contributed by atoms with van der Waals surface area (Å²) in [6.45, 7) is 11.0. The van der Waals surface area contributed by atoms with E-state index in [2.05, 4.69) is 48.8 Å². The molecule has 0 saturated heterocycles. The number of rotatable bonds is 7. The fourth-order valence-electron chi connectivity index (χ4n) is 1.94. The second-order valence-electron chi connectivity index (χ2n) is 4.65. The molecular formula is C13H25N3. The molecule has 1 aromatic heterocycles. The van der Waals surface area contributed by atoms with Crippen molar-refractivity contribution in [2.24, 2.45) is 5.92 Å². The van der Waals surface area contributed by atoms with Crippen molar-refractivity contribution in [3.8, 4) is 0 Å². The van der Waals surface area contributed by atoms with E-state index in [1.165, 1.54) is 12.8 Å². The van der Waals surface area contributed by atoms with Crippen molar-refractivity contribution in [3.63, 3.8) is 0 Å². The summed E-state index contributed by atoms with van der Waals surface area (Å²) in [6.07, 6.45) is 6.36. The van der Waals surface area contributed by atoms with Gasteiger partial charge in [-0.05, 0) is 32.2 Å². The van der Waals surface area contributed by atoms with Gasteiger partial charge < -0.3 is 9.88 Å². The summed E-state index contributed by atoms with van der Waals surface area (Å²) in [7, 11) is 0. The van der Waals surface area contributed by atoms with Crippen LogP contribution in [0, 0.1) is 12.8 Å². The molecule has 3 heteroatoms. The first kappa shape index (κ1) is 13.2. The van der Waals surface area contributed by atoms with E-state index in [-0.39, 0.29) is 0 Å². The maximum absolute atomic E-state index is 4.24. The van der Waals surface area contributed by atoms with E-state index >= 15 is 0 Å². The van der Waals surface area contributed by atoms with Crippen LogP contribution in [0.2, 0.25) is 0 Å². The third kappa shape index (κ3) is 3.97. The number of hydrogen-bond acceptors (Lipinski definition) is 2. The third-order valence-corrected chi connectivity index (χ3v) is 3.17. The van der Waals surface area contributed by atoms with Gasteiger partial charge in [-0.2, -0.15) is 0 Å². The molecule has 1 rings (SSSR count). The Labute approximate surface area is 99.3 Å². The minimum atomic E-state index is 0.647. The molecule has 0 bridgehead atoms. The summed E-state index contributed by atoms with van der Waals surface area (Å²) in [5, 5.41) is 3.62. The summed E-state index contributed by atoms with van der Waals surface area (Å²) >= 11 is 0. The Hall–Kier alpha value is -0.830. The molecule has 1 atom stereocenters. The lowest BCUT2D eigenvalue weighted by molar-refractivity contribution is 0.393. The first-order chi connectivity index (χ1) is 7.67. The average Bonchev–Trinajstić information content (AvgIpc) is 2.66. The minimum absolute atomic E-state index is 0.647. The molecule has 16 heavy (non-hydrogen) atoms. The molecule has 3 nitrogen and oxygen atoms in total. The van der Waals surface area contributed by atoms with Crippen molar-refractivity contribution in [2.45, 2.75) is 53.1 Å². The van der Waals surface area contributed by atoms with Gasteiger partial charge in [-0.15, -0.1) is 0 Å². The number of hydrogen-bond donors (Lipinski definition) is 1. The summed E-state index contributed by atoms with van der Waals surface area (Å²) in [4.78, 5) is 4.24. The van der Waals surface area contributed by atoms with E-state index in [9.17, 15) is 0 Å². The molecular weight excluding hydrogens is 198 g/mol. The Balaban J connectivity index is 2.31. The van der Waals surface area contributed by atoms with E-state index in [1.54, 1.807) is 0 Å². The van der Waals surface area contributed by atoms with E-state index in [0.29, 0.717) is 12.0 Å². The Kier molecular flexibility index (Phi) is 5.53. The molecule has 0 spiro atoms. The van der Waals surface area contributed by atoms with Gasteiger partial charge in [-0.25, -0.2) is 4.98 Å². The highest BCUT2D eigenvalue weighted by molar-refractivity contribution is 4.88. The third-order valence-electron chi connectivity index (χ3n) is 3.17. The first-order valence-electron chi connectivity index (χ1n) is 6.38. The smallest absolute Gasteiger partial charge is 0.105 e. The quantitative estimate of drug-likeness (QED) is 0.770. The van der Waals surface area contributed by atoms with Crippen LogP contribution in [0.4, 0.5) is 0 Å². The molecule has 1 unspecified atom stereocenters. The van der Waals surface area contributed by atoms with Crippen molar-refractivity contribution in [2.75, 3.05) is 6.54 Å². The van der Waals surface area contributed by atoms with Crippen molar-refractivity contribution in [3.05, 3.63) is 18.2 Å². The summed E-state index contributed by atoms with van der Waals surface area (Å²) < 4.78 is 2.22. The van der Waals surface area contributed by atoms with Crippen LogP contribution in [-0.2, 0) is 6.54 Å². The lowest BCUT2D eigenvalue weighted by atomic mass is 10.1. The van der Waals surface area contributed by atoms with E-state index in [0.717, 1.165) is 18.9 Å². The van der Waals surface area contributed by atoms with Crippen molar-refractivity contribution in [1.29, 1.82) is 0 Å². The predicted molar refractivity (Wildman–Crippen MR) is 68.5 cm³/mol. The standard InChI is InChI=1S/C13H25N3/c1-5-13(6-2)15-9-11(3)10-16-8-7-14-12(16)4/h7-8,11,13,15H,5-6,9-10H2,1-4H3. The van der Waals surface area contributed by atoms with Crippen LogP contribution in [0.25, 0.3) is 0 Å². The van der Waals surface area contributed by atoms with E-state index < -0.39 is 0 Å². The zero-order chi connectivity index (χ0) is 12.0. The highest BCUT2D eigenvalue weighted by Gasteiger charge is 2.07. The van der Waals surface area contributed by atoms with E-state index in [4.69, 9.17) is 0 Å². The van der Waals surface area contributed by atoms with Gasteiger partial charge >= 0.3 is 0 Å². The van der Waals surface area contributed by atoms with Gasteiger partial charge in [0.05, 0.1) is 0 Å². The SMILES string of the molecule is CCC(CC)NCC(C)Cn1ccnc1C. The number of imidazole rings is 1. The lowest BCUT2D eigenvalue weighted by Crippen LogP contribution is -2.33. The van der Waals surface area contributed by atoms with Crippen molar-refractivity contribution < 1.29 is 0 Å². The highest BCUT2D eigenvalue weighted by atomic mass is 15.1. The zero-order valence-corrected chi connectivity index (χ0v) is 11.0. The molecule has 0 aliphatic rings. The Morgan fingerprint density at radius 1 is 1.38 bits per heavy atom. The molecule has 0 aliphatic carbocycles. The van der Waals surface area contributed by atoms with Crippen LogP contribution in [-0.4, -0.2) is 22.1 Å². The van der Waals surface area contributed by atoms with Crippen LogP contribution in [0.1, 0.15) is 39.4 Å². The molecule has 1 aromatic rings. The molecule has 0 radical (unpaired) electrons. The monoisotopic (exact) mass is 223 g/mol. The van der Waals surface area contributed by atoms with Crippen molar-refractivity contribution in [1.82, 2.24) is 14.9 Å². The molecule has 1 heterocycles.